The van der Waals surface area contributed by atoms with Crippen molar-refractivity contribution in [1.29, 1.82) is 0 Å². The third-order valence-electron chi connectivity index (χ3n) is 3.64. The van der Waals surface area contributed by atoms with Crippen LogP contribution in [-0.2, 0) is 9.53 Å². The maximum absolute atomic E-state index is 11.1. The van der Waals surface area contributed by atoms with Crippen molar-refractivity contribution in [1.82, 2.24) is 0 Å². The van der Waals surface area contributed by atoms with Gasteiger partial charge in [-0.3, -0.25) is 4.79 Å². The van der Waals surface area contributed by atoms with E-state index in [-0.39, 0.29) is 11.6 Å². The number of hydrogen-bond acceptors (Lipinski definition) is 2. The van der Waals surface area contributed by atoms with Crippen LogP contribution in [0.3, 0.4) is 0 Å². The summed E-state index contributed by atoms with van der Waals surface area (Å²) in [6.07, 6.45) is 6.97. The SMILES string of the molecule is CCC(CC)(OC(C)=O)C1CCCC1. The fourth-order valence-corrected chi connectivity index (χ4v) is 2.79. The van der Waals surface area contributed by atoms with Crippen molar-refractivity contribution >= 4 is 5.97 Å². The average Bonchev–Trinajstić information content (AvgIpc) is 2.67. The van der Waals surface area contributed by atoms with Gasteiger partial charge in [-0.05, 0) is 31.6 Å². The van der Waals surface area contributed by atoms with Crippen LogP contribution in [0.5, 0.6) is 0 Å². The fraction of sp³-hybridized carbons (Fsp3) is 0.917. The largest absolute Gasteiger partial charge is 0.459 e. The molecular weight excluding hydrogens is 176 g/mol. The van der Waals surface area contributed by atoms with Gasteiger partial charge >= 0.3 is 5.97 Å². The van der Waals surface area contributed by atoms with Gasteiger partial charge in [0, 0.05) is 6.92 Å². The maximum atomic E-state index is 11.1. The van der Waals surface area contributed by atoms with Crippen molar-refractivity contribution in [3.63, 3.8) is 0 Å². The zero-order chi connectivity index (χ0) is 10.6. The van der Waals surface area contributed by atoms with Crippen molar-refractivity contribution in [3.8, 4) is 0 Å². The van der Waals surface area contributed by atoms with E-state index in [0.717, 1.165) is 12.8 Å². The standard InChI is InChI=1S/C12H22O2/c1-4-12(5-2,14-10(3)13)11-8-6-7-9-11/h11H,4-9H2,1-3H3. The number of carbonyl (C=O) groups excluding carboxylic acids is 1. The Balaban J connectivity index is 2.72. The number of esters is 1. The summed E-state index contributed by atoms with van der Waals surface area (Å²) in [6, 6.07) is 0. The molecule has 1 fully saturated rings. The predicted molar refractivity (Wildman–Crippen MR) is 57.0 cm³/mol. The smallest absolute Gasteiger partial charge is 0.303 e. The molecule has 0 atom stereocenters. The quantitative estimate of drug-likeness (QED) is 0.648. The lowest BCUT2D eigenvalue weighted by Gasteiger charge is -2.36. The molecule has 0 unspecified atom stereocenters. The van der Waals surface area contributed by atoms with Crippen molar-refractivity contribution in [2.75, 3.05) is 0 Å². The Kier molecular flexibility index (Phi) is 3.97. The molecule has 0 aromatic heterocycles. The summed E-state index contributed by atoms with van der Waals surface area (Å²) < 4.78 is 5.58. The monoisotopic (exact) mass is 198 g/mol. The molecule has 2 nitrogen and oxygen atoms in total. The van der Waals surface area contributed by atoms with Gasteiger partial charge < -0.3 is 4.74 Å². The number of carbonyl (C=O) groups is 1. The molecule has 82 valence electrons. The summed E-state index contributed by atoms with van der Waals surface area (Å²) in [4.78, 5) is 11.1. The van der Waals surface area contributed by atoms with E-state index in [2.05, 4.69) is 13.8 Å². The molecule has 1 saturated carbocycles. The molecule has 0 bridgehead atoms. The van der Waals surface area contributed by atoms with Crippen molar-refractivity contribution in [2.45, 2.75) is 64.9 Å². The number of hydrogen-bond donors (Lipinski definition) is 0. The van der Waals surface area contributed by atoms with E-state index in [1.807, 2.05) is 0 Å². The molecular formula is C12H22O2. The lowest BCUT2D eigenvalue weighted by atomic mass is 9.81. The molecule has 0 spiro atoms. The molecule has 14 heavy (non-hydrogen) atoms. The minimum atomic E-state index is -0.164. The molecule has 1 rings (SSSR count). The van der Waals surface area contributed by atoms with Crippen LogP contribution in [0.1, 0.15) is 59.3 Å². The topological polar surface area (TPSA) is 26.3 Å². The Hall–Kier alpha value is -0.530. The van der Waals surface area contributed by atoms with Crippen LogP contribution in [0, 0.1) is 5.92 Å². The Morgan fingerprint density at radius 2 is 1.79 bits per heavy atom. The molecule has 0 saturated heterocycles. The Morgan fingerprint density at radius 3 is 2.14 bits per heavy atom. The first-order chi connectivity index (χ1) is 6.64. The summed E-state index contributed by atoms with van der Waals surface area (Å²) in [5.41, 5.74) is -0.164. The molecule has 0 aromatic rings. The first-order valence-electron chi connectivity index (χ1n) is 5.84. The van der Waals surface area contributed by atoms with Gasteiger partial charge in [-0.1, -0.05) is 26.7 Å². The summed E-state index contributed by atoms with van der Waals surface area (Å²) in [7, 11) is 0. The highest BCUT2D eigenvalue weighted by atomic mass is 16.6. The Morgan fingerprint density at radius 1 is 1.29 bits per heavy atom. The highest BCUT2D eigenvalue weighted by Crippen LogP contribution is 2.40. The average molecular weight is 198 g/mol. The molecule has 1 aliphatic rings. The van der Waals surface area contributed by atoms with Crippen LogP contribution in [-0.4, -0.2) is 11.6 Å². The van der Waals surface area contributed by atoms with E-state index in [4.69, 9.17) is 4.74 Å². The third kappa shape index (κ3) is 2.28. The van der Waals surface area contributed by atoms with E-state index >= 15 is 0 Å². The first kappa shape index (κ1) is 11.5. The van der Waals surface area contributed by atoms with Crippen LogP contribution in [0.4, 0.5) is 0 Å². The zero-order valence-corrected chi connectivity index (χ0v) is 9.64. The van der Waals surface area contributed by atoms with E-state index in [0.29, 0.717) is 5.92 Å². The maximum Gasteiger partial charge on any atom is 0.303 e. The molecule has 0 aromatic carbocycles. The second kappa shape index (κ2) is 4.81. The lowest BCUT2D eigenvalue weighted by molar-refractivity contribution is -0.164. The molecule has 0 heterocycles. The molecule has 0 amide bonds. The van der Waals surface area contributed by atoms with Crippen LogP contribution in [0.2, 0.25) is 0 Å². The van der Waals surface area contributed by atoms with Crippen LogP contribution in [0.25, 0.3) is 0 Å². The molecule has 2 heteroatoms. The minimum Gasteiger partial charge on any atom is -0.459 e. The van der Waals surface area contributed by atoms with E-state index in [1.165, 1.54) is 32.6 Å². The molecule has 0 N–H and O–H groups in total. The summed E-state index contributed by atoms with van der Waals surface area (Å²) in [5, 5.41) is 0. The van der Waals surface area contributed by atoms with Crippen molar-refractivity contribution in [3.05, 3.63) is 0 Å². The Labute approximate surface area is 87.0 Å². The molecule has 0 radical (unpaired) electrons. The summed E-state index contributed by atoms with van der Waals surface area (Å²) in [6.45, 7) is 5.78. The van der Waals surface area contributed by atoms with Gasteiger partial charge in [0.1, 0.15) is 5.60 Å². The molecule has 0 aliphatic heterocycles. The van der Waals surface area contributed by atoms with Gasteiger partial charge in [0.2, 0.25) is 0 Å². The van der Waals surface area contributed by atoms with Gasteiger partial charge in [-0.15, -0.1) is 0 Å². The van der Waals surface area contributed by atoms with Crippen LogP contribution in [0.15, 0.2) is 0 Å². The van der Waals surface area contributed by atoms with Crippen molar-refractivity contribution in [2.24, 2.45) is 5.92 Å². The minimum absolute atomic E-state index is 0.124. The van der Waals surface area contributed by atoms with Crippen LogP contribution >= 0.6 is 0 Å². The third-order valence-corrected chi connectivity index (χ3v) is 3.64. The normalized spacial score (nSPS) is 18.5. The zero-order valence-electron chi connectivity index (χ0n) is 9.64. The van der Waals surface area contributed by atoms with Gasteiger partial charge in [0.05, 0.1) is 0 Å². The number of rotatable bonds is 4. The van der Waals surface area contributed by atoms with Gasteiger partial charge in [-0.2, -0.15) is 0 Å². The van der Waals surface area contributed by atoms with Crippen LogP contribution < -0.4 is 0 Å². The lowest BCUT2D eigenvalue weighted by Crippen LogP contribution is -2.40. The Bertz CT molecular complexity index is 188. The second-order valence-electron chi connectivity index (χ2n) is 4.35. The summed E-state index contributed by atoms with van der Waals surface area (Å²) >= 11 is 0. The fourth-order valence-electron chi connectivity index (χ4n) is 2.79. The van der Waals surface area contributed by atoms with E-state index in [1.54, 1.807) is 0 Å². The highest BCUT2D eigenvalue weighted by Gasteiger charge is 2.39. The molecule has 1 aliphatic carbocycles. The summed E-state index contributed by atoms with van der Waals surface area (Å²) in [5.74, 6) is 0.474. The van der Waals surface area contributed by atoms with E-state index in [9.17, 15) is 4.79 Å². The van der Waals surface area contributed by atoms with Gasteiger partial charge in [-0.25, -0.2) is 0 Å². The predicted octanol–water partition coefficient (Wildman–Crippen LogP) is 3.30. The van der Waals surface area contributed by atoms with Gasteiger partial charge in [0.15, 0.2) is 0 Å². The van der Waals surface area contributed by atoms with Gasteiger partial charge in [0.25, 0.3) is 0 Å². The van der Waals surface area contributed by atoms with E-state index < -0.39 is 0 Å². The highest BCUT2D eigenvalue weighted by molar-refractivity contribution is 5.66. The second-order valence-corrected chi connectivity index (χ2v) is 4.35. The first-order valence-corrected chi connectivity index (χ1v) is 5.84. The number of ether oxygens (including phenoxy) is 1. The van der Waals surface area contributed by atoms with Crippen molar-refractivity contribution < 1.29 is 9.53 Å².